The van der Waals surface area contributed by atoms with Gasteiger partial charge in [0.25, 0.3) is 0 Å². The minimum atomic E-state index is -3.67. The number of anilines is 2. The van der Waals surface area contributed by atoms with Gasteiger partial charge in [0.05, 0.1) is 16.3 Å². The van der Waals surface area contributed by atoms with Crippen molar-refractivity contribution in [2.24, 2.45) is 5.14 Å². The lowest BCUT2D eigenvalue weighted by molar-refractivity contribution is 0.446. The fraction of sp³-hybridized carbons (Fsp3) is 0.400. The van der Waals surface area contributed by atoms with E-state index in [1.54, 1.807) is 6.07 Å². The minimum absolute atomic E-state index is 0.0455. The molecule has 6 heteroatoms. The van der Waals surface area contributed by atoms with Crippen molar-refractivity contribution in [3.63, 3.8) is 0 Å². The number of benzene rings is 1. The van der Waals surface area contributed by atoms with E-state index in [1.807, 2.05) is 0 Å². The number of nitrogen functional groups attached to an aromatic ring is 1. The molecular formula is C10H15N3O2S. The summed E-state index contributed by atoms with van der Waals surface area (Å²) in [5, 5.41) is 8.28. The van der Waals surface area contributed by atoms with E-state index in [9.17, 15) is 8.42 Å². The molecule has 0 heterocycles. The molecule has 0 spiro atoms. The SMILES string of the molecule is Nc1cc(S(N)(=O)=O)ccc1NC1CCC1. The van der Waals surface area contributed by atoms with Crippen LogP contribution in [0.3, 0.4) is 0 Å². The summed E-state index contributed by atoms with van der Waals surface area (Å²) >= 11 is 0. The topological polar surface area (TPSA) is 98.2 Å². The van der Waals surface area contributed by atoms with E-state index in [2.05, 4.69) is 5.32 Å². The van der Waals surface area contributed by atoms with Crippen LogP contribution in [0.2, 0.25) is 0 Å². The Labute approximate surface area is 94.9 Å². The molecule has 0 unspecified atom stereocenters. The Bertz CT molecular complexity index is 495. The number of primary sulfonamides is 1. The molecule has 1 aromatic rings. The number of nitrogens with one attached hydrogen (secondary N) is 1. The predicted octanol–water partition coefficient (Wildman–Crippen LogP) is 0.881. The zero-order chi connectivity index (χ0) is 11.8. The van der Waals surface area contributed by atoms with Gasteiger partial charge in [0.2, 0.25) is 10.0 Å². The summed E-state index contributed by atoms with van der Waals surface area (Å²) in [4.78, 5) is 0.0455. The molecular weight excluding hydrogens is 226 g/mol. The summed E-state index contributed by atoms with van der Waals surface area (Å²) in [5.41, 5.74) is 6.95. The Kier molecular flexibility index (Phi) is 2.77. The van der Waals surface area contributed by atoms with Gasteiger partial charge >= 0.3 is 0 Å². The van der Waals surface area contributed by atoms with Crippen molar-refractivity contribution in [2.45, 2.75) is 30.2 Å². The lowest BCUT2D eigenvalue weighted by atomic mass is 9.93. The Morgan fingerprint density at radius 1 is 1.31 bits per heavy atom. The third-order valence-corrected chi connectivity index (χ3v) is 3.73. The van der Waals surface area contributed by atoms with Crippen LogP contribution in [-0.2, 0) is 10.0 Å². The number of sulfonamides is 1. The zero-order valence-electron chi connectivity index (χ0n) is 8.81. The summed E-state index contributed by atoms with van der Waals surface area (Å²) in [5.74, 6) is 0. The third kappa shape index (κ3) is 2.28. The van der Waals surface area contributed by atoms with Crippen LogP contribution >= 0.6 is 0 Å². The Balaban J connectivity index is 2.22. The van der Waals surface area contributed by atoms with E-state index in [4.69, 9.17) is 10.9 Å². The van der Waals surface area contributed by atoms with Crippen molar-refractivity contribution < 1.29 is 8.42 Å². The highest BCUT2D eigenvalue weighted by Crippen LogP contribution is 2.27. The fourth-order valence-electron chi connectivity index (χ4n) is 1.62. The number of hydrogen-bond acceptors (Lipinski definition) is 4. The molecule has 0 aliphatic heterocycles. The molecule has 5 nitrogen and oxygen atoms in total. The molecule has 0 amide bonds. The van der Waals surface area contributed by atoms with E-state index in [1.165, 1.54) is 18.6 Å². The van der Waals surface area contributed by atoms with Crippen molar-refractivity contribution in [2.75, 3.05) is 11.1 Å². The molecule has 0 saturated heterocycles. The maximum Gasteiger partial charge on any atom is 0.238 e. The molecule has 0 aromatic heterocycles. The van der Waals surface area contributed by atoms with Gasteiger partial charge in [-0.25, -0.2) is 13.6 Å². The second kappa shape index (κ2) is 3.95. The average Bonchev–Trinajstić information content (AvgIpc) is 2.11. The van der Waals surface area contributed by atoms with Crippen LogP contribution in [0.1, 0.15) is 19.3 Å². The summed E-state index contributed by atoms with van der Waals surface area (Å²) < 4.78 is 22.2. The van der Waals surface area contributed by atoms with Crippen LogP contribution < -0.4 is 16.2 Å². The van der Waals surface area contributed by atoms with Gasteiger partial charge in [0.15, 0.2) is 0 Å². The van der Waals surface area contributed by atoms with Gasteiger partial charge < -0.3 is 11.1 Å². The maximum atomic E-state index is 11.1. The van der Waals surface area contributed by atoms with Gasteiger partial charge in [0, 0.05) is 6.04 Å². The molecule has 0 atom stereocenters. The van der Waals surface area contributed by atoms with Crippen molar-refractivity contribution in [1.82, 2.24) is 0 Å². The zero-order valence-corrected chi connectivity index (χ0v) is 9.63. The Hall–Kier alpha value is -1.27. The molecule has 0 bridgehead atoms. The van der Waals surface area contributed by atoms with Crippen LogP contribution in [0.15, 0.2) is 23.1 Å². The molecule has 16 heavy (non-hydrogen) atoms. The van der Waals surface area contributed by atoms with Crippen molar-refractivity contribution in [3.8, 4) is 0 Å². The average molecular weight is 241 g/mol. The second-order valence-electron chi connectivity index (χ2n) is 4.07. The maximum absolute atomic E-state index is 11.1. The predicted molar refractivity (Wildman–Crippen MR) is 63.5 cm³/mol. The molecule has 1 fully saturated rings. The van der Waals surface area contributed by atoms with Crippen LogP contribution in [0.5, 0.6) is 0 Å². The Morgan fingerprint density at radius 3 is 2.44 bits per heavy atom. The number of rotatable bonds is 3. The normalized spacial score (nSPS) is 16.8. The smallest absolute Gasteiger partial charge is 0.238 e. The van der Waals surface area contributed by atoms with Crippen molar-refractivity contribution >= 4 is 21.4 Å². The summed E-state index contributed by atoms with van der Waals surface area (Å²) in [7, 11) is -3.67. The molecule has 2 rings (SSSR count). The first-order valence-electron chi connectivity index (χ1n) is 5.16. The van der Waals surface area contributed by atoms with Crippen LogP contribution in [0.4, 0.5) is 11.4 Å². The molecule has 88 valence electrons. The van der Waals surface area contributed by atoms with Crippen molar-refractivity contribution in [3.05, 3.63) is 18.2 Å². The quantitative estimate of drug-likeness (QED) is 0.684. The lowest BCUT2D eigenvalue weighted by Gasteiger charge is -2.28. The molecule has 1 saturated carbocycles. The van der Waals surface area contributed by atoms with Gasteiger partial charge in [-0.05, 0) is 37.5 Å². The minimum Gasteiger partial charge on any atom is -0.397 e. The van der Waals surface area contributed by atoms with E-state index in [0.29, 0.717) is 11.7 Å². The van der Waals surface area contributed by atoms with E-state index >= 15 is 0 Å². The van der Waals surface area contributed by atoms with E-state index < -0.39 is 10.0 Å². The summed E-state index contributed by atoms with van der Waals surface area (Å²) in [6.07, 6.45) is 3.50. The monoisotopic (exact) mass is 241 g/mol. The van der Waals surface area contributed by atoms with Gasteiger partial charge in [-0.3, -0.25) is 0 Å². The van der Waals surface area contributed by atoms with Gasteiger partial charge in [-0.2, -0.15) is 0 Å². The number of nitrogens with two attached hydrogens (primary N) is 2. The first kappa shape index (κ1) is 11.2. The van der Waals surface area contributed by atoms with Gasteiger partial charge in [-0.1, -0.05) is 0 Å². The third-order valence-electron chi connectivity index (χ3n) is 2.82. The van der Waals surface area contributed by atoms with Gasteiger partial charge in [0.1, 0.15) is 0 Å². The molecule has 0 radical (unpaired) electrons. The highest BCUT2D eigenvalue weighted by molar-refractivity contribution is 7.89. The number of hydrogen-bond donors (Lipinski definition) is 3. The van der Waals surface area contributed by atoms with Gasteiger partial charge in [-0.15, -0.1) is 0 Å². The van der Waals surface area contributed by atoms with E-state index in [-0.39, 0.29) is 4.90 Å². The molecule has 5 N–H and O–H groups in total. The van der Waals surface area contributed by atoms with Crippen molar-refractivity contribution in [1.29, 1.82) is 0 Å². The second-order valence-corrected chi connectivity index (χ2v) is 5.63. The van der Waals surface area contributed by atoms with Crippen LogP contribution in [0.25, 0.3) is 0 Å². The first-order chi connectivity index (χ1) is 7.47. The fourth-order valence-corrected chi connectivity index (χ4v) is 2.17. The lowest BCUT2D eigenvalue weighted by Crippen LogP contribution is -2.27. The standard InChI is InChI=1S/C10H15N3O2S/c11-9-6-8(16(12,14)15)4-5-10(9)13-7-2-1-3-7/h4-7,13H,1-3,11H2,(H2,12,14,15). The largest absolute Gasteiger partial charge is 0.397 e. The molecule has 1 aliphatic rings. The van der Waals surface area contributed by atoms with Crippen LogP contribution in [-0.4, -0.2) is 14.5 Å². The van der Waals surface area contributed by atoms with E-state index in [0.717, 1.165) is 18.5 Å². The van der Waals surface area contributed by atoms with Crippen LogP contribution in [0, 0.1) is 0 Å². The summed E-state index contributed by atoms with van der Waals surface area (Å²) in [6, 6.07) is 4.97. The highest BCUT2D eigenvalue weighted by atomic mass is 32.2. The Morgan fingerprint density at radius 2 is 2.00 bits per heavy atom. The first-order valence-corrected chi connectivity index (χ1v) is 6.70. The molecule has 1 aromatic carbocycles. The molecule has 1 aliphatic carbocycles. The highest BCUT2D eigenvalue weighted by Gasteiger charge is 2.18. The summed E-state index contributed by atoms with van der Waals surface area (Å²) in [6.45, 7) is 0.